The number of hydrogen-bond donors (Lipinski definition) is 0. The Hall–Kier alpha value is -2.04. The highest BCUT2D eigenvalue weighted by molar-refractivity contribution is 5.97. The van der Waals surface area contributed by atoms with Crippen molar-refractivity contribution in [1.82, 2.24) is 9.80 Å². The van der Waals surface area contributed by atoms with Crippen molar-refractivity contribution in [2.45, 2.75) is 57.8 Å². The lowest BCUT2D eigenvalue weighted by Crippen LogP contribution is -2.43. The average molecular weight is 399 g/mol. The fraction of sp³-hybridized carbons (Fsp3) is 0.667. The number of para-hydroxylation sites is 1. The quantitative estimate of drug-likeness (QED) is 0.750. The van der Waals surface area contributed by atoms with Crippen LogP contribution >= 0.6 is 0 Å². The van der Waals surface area contributed by atoms with E-state index in [1.165, 1.54) is 19.3 Å². The summed E-state index contributed by atoms with van der Waals surface area (Å²) < 4.78 is 6.12. The Morgan fingerprint density at radius 2 is 1.52 bits per heavy atom. The molecule has 3 aliphatic rings. The van der Waals surface area contributed by atoms with Crippen molar-refractivity contribution in [3.05, 3.63) is 29.8 Å². The van der Waals surface area contributed by atoms with E-state index < -0.39 is 0 Å². The van der Waals surface area contributed by atoms with Gasteiger partial charge in [0.1, 0.15) is 5.75 Å². The van der Waals surface area contributed by atoms with Crippen LogP contribution in [-0.2, 0) is 4.79 Å². The van der Waals surface area contributed by atoms with Crippen LogP contribution in [0.5, 0.6) is 5.75 Å². The van der Waals surface area contributed by atoms with Gasteiger partial charge in [0.05, 0.1) is 12.2 Å². The molecule has 0 spiro atoms. The van der Waals surface area contributed by atoms with Crippen LogP contribution in [0.1, 0.15) is 68.1 Å². The zero-order valence-electron chi connectivity index (χ0n) is 17.5. The van der Waals surface area contributed by atoms with Crippen molar-refractivity contribution >= 4 is 11.8 Å². The van der Waals surface area contributed by atoms with Crippen molar-refractivity contribution in [2.75, 3.05) is 32.8 Å². The van der Waals surface area contributed by atoms with Gasteiger partial charge in [-0.2, -0.15) is 0 Å². The molecule has 0 aromatic heterocycles. The van der Waals surface area contributed by atoms with E-state index in [0.29, 0.717) is 29.7 Å². The molecule has 1 aliphatic carbocycles. The number of nitrogens with zero attached hydrogens (tertiary/aromatic N) is 2. The molecule has 1 aromatic rings. The van der Waals surface area contributed by atoms with E-state index >= 15 is 0 Å². The fourth-order valence-electron chi connectivity index (χ4n) is 5.00. The first kappa shape index (κ1) is 20.2. The van der Waals surface area contributed by atoms with Gasteiger partial charge in [-0.25, -0.2) is 0 Å². The highest BCUT2D eigenvalue weighted by Crippen LogP contribution is 2.28. The maximum atomic E-state index is 12.8. The van der Waals surface area contributed by atoms with Gasteiger partial charge in [0.25, 0.3) is 5.91 Å². The number of ether oxygens (including phenoxy) is 1. The van der Waals surface area contributed by atoms with Crippen molar-refractivity contribution < 1.29 is 14.3 Å². The molecular formula is C24H34N2O3. The van der Waals surface area contributed by atoms with Crippen LogP contribution in [0.4, 0.5) is 0 Å². The number of carbonyl (C=O) groups excluding carboxylic acids is 2. The summed E-state index contributed by atoms with van der Waals surface area (Å²) in [6.07, 6.45) is 9.99. The molecule has 2 heterocycles. The van der Waals surface area contributed by atoms with E-state index in [1.807, 2.05) is 29.2 Å². The number of amides is 2. The first-order chi connectivity index (χ1) is 14.2. The highest BCUT2D eigenvalue weighted by Gasteiger charge is 2.29. The van der Waals surface area contributed by atoms with Gasteiger partial charge in [-0.15, -0.1) is 0 Å². The first-order valence-corrected chi connectivity index (χ1v) is 11.5. The van der Waals surface area contributed by atoms with Gasteiger partial charge in [0.15, 0.2) is 0 Å². The summed E-state index contributed by atoms with van der Waals surface area (Å²) in [4.78, 5) is 29.5. The molecule has 0 bridgehead atoms. The van der Waals surface area contributed by atoms with E-state index in [9.17, 15) is 9.59 Å². The standard InChI is InChI=1S/C24H34N2O3/c27-23(20-8-2-1-3-9-20)26-16-12-19(13-17-26)18-29-22-11-5-4-10-21(22)24(28)25-14-6-7-15-25/h4-5,10-11,19-20H,1-3,6-9,12-18H2. The molecule has 1 saturated carbocycles. The van der Waals surface area contributed by atoms with Crippen LogP contribution in [0.3, 0.4) is 0 Å². The number of piperidine rings is 1. The summed E-state index contributed by atoms with van der Waals surface area (Å²) in [6, 6.07) is 7.62. The number of likely N-dealkylation sites (tertiary alicyclic amines) is 2. The third kappa shape index (κ3) is 4.93. The topological polar surface area (TPSA) is 49.9 Å². The summed E-state index contributed by atoms with van der Waals surface area (Å²) in [5, 5.41) is 0. The Morgan fingerprint density at radius 1 is 0.828 bits per heavy atom. The largest absolute Gasteiger partial charge is 0.492 e. The molecule has 0 unspecified atom stereocenters. The molecule has 3 fully saturated rings. The van der Waals surface area contributed by atoms with Gasteiger partial charge < -0.3 is 14.5 Å². The monoisotopic (exact) mass is 398 g/mol. The van der Waals surface area contributed by atoms with Crippen molar-refractivity contribution in [3.8, 4) is 5.75 Å². The minimum absolute atomic E-state index is 0.0889. The van der Waals surface area contributed by atoms with Crippen LogP contribution in [0.15, 0.2) is 24.3 Å². The summed E-state index contributed by atoms with van der Waals surface area (Å²) >= 11 is 0. The van der Waals surface area contributed by atoms with E-state index in [2.05, 4.69) is 4.90 Å². The average Bonchev–Trinajstić information content (AvgIpc) is 3.33. The number of rotatable bonds is 5. The zero-order valence-corrected chi connectivity index (χ0v) is 17.5. The first-order valence-electron chi connectivity index (χ1n) is 11.5. The number of carbonyl (C=O) groups is 2. The molecule has 0 N–H and O–H groups in total. The second-order valence-electron chi connectivity index (χ2n) is 8.91. The lowest BCUT2D eigenvalue weighted by Gasteiger charge is -2.35. The second kappa shape index (κ2) is 9.64. The van der Waals surface area contributed by atoms with E-state index in [-0.39, 0.29) is 11.8 Å². The van der Waals surface area contributed by atoms with Crippen LogP contribution in [0.25, 0.3) is 0 Å². The van der Waals surface area contributed by atoms with E-state index in [0.717, 1.165) is 64.7 Å². The summed E-state index contributed by atoms with van der Waals surface area (Å²) in [6.45, 7) is 4.01. The van der Waals surface area contributed by atoms with Crippen molar-refractivity contribution in [2.24, 2.45) is 11.8 Å². The van der Waals surface area contributed by atoms with Gasteiger partial charge in [-0.1, -0.05) is 31.4 Å². The van der Waals surface area contributed by atoms with Crippen LogP contribution in [-0.4, -0.2) is 54.4 Å². The Labute approximate surface area is 174 Å². The molecule has 1 aromatic carbocycles. The molecule has 0 radical (unpaired) electrons. The van der Waals surface area contributed by atoms with Gasteiger partial charge >= 0.3 is 0 Å². The molecule has 5 heteroatoms. The highest BCUT2D eigenvalue weighted by atomic mass is 16.5. The summed E-state index contributed by atoms with van der Waals surface area (Å²) in [5.74, 6) is 1.88. The molecule has 2 aliphatic heterocycles. The summed E-state index contributed by atoms with van der Waals surface area (Å²) in [7, 11) is 0. The van der Waals surface area contributed by atoms with Crippen LogP contribution in [0, 0.1) is 11.8 Å². The van der Waals surface area contributed by atoms with Gasteiger partial charge in [0.2, 0.25) is 5.91 Å². The molecule has 4 rings (SSSR count). The molecule has 29 heavy (non-hydrogen) atoms. The third-order valence-electron chi connectivity index (χ3n) is 6.87. The minimum atomic E-state index is 0.0889. The summed E-state index contributed by atoms with van der Waals surface area (Å²) in [5.41, 5.74) is 0.680. The maximum Gasteiger partial charge on any atom is 0.257 e. The molecule has 2 amide bonds. The predicted molar refractivity (Wildman–Crippen MR) is 113 cm³/mol. The Balaban J connectivity index is 1.27. The van der Waals surface area contributed by atoms with Crippen molar-refractivity contribution in [1.29, 1.82) is 0 Å². The van der Waals surface area contributed by atoms with Crippen LogP contribution < -0.4 is 4.74 Å². The second-order valence-corrected chi connectivity index (χ2v) is 8.91. The fourth-order valence-corrected chi connectivity index (χ4v) is 5.00. The lowest BCUT2D eigenvalue weighted by molar-refractivity contribution is -0.138. The maximum absolute atomic E-state index is 12.8. The predicted octanol–water partition coefficient (Wildman–Crippen LogP) is 4.12. The van der Waals surface area contributed by atoms with Crippen LogP contribution in [0.2, 0.25) is 0 Å². The molecule has 5 nitrogen and oxygen atoms in total. The Bertz CT molecular complexity index is 700. The van der Waals surface area contributed by atoms with E-state index in [1.54, 1.807) is 0 Å². The number of hydrogen-bond acceptors (Lipinski definition) is 3. The Morgan fingerprint density at radius 3 is 2.24 bits per heavy atom. The SMILES string of the molecule is O=C(c1ccccc1OCC1CCN(C(=O)C2CCCCC2)CC1)N1CCCC1. The van der Waals surface area contributed by atoms with E-state index in [4.69, 9.17) is 4.74 Å². The number of benzene rings is 1. The van der Waals surface area contributed by atoms with Gasteiger partial charge in [0, 0.05) is 32.1 Å². The molecular weight excluding hydrogens is 364 g/mol. The van der Waals surface area contributed by atoms with Crippen molar-refractivity contribution in [3.63, 3.8) is 0 Å². The Kier molecular flexibility index (Phi) is 6.73. The molecule has 2 saturated heterocycles. The molecule has 0 atom stereocenters. The lowest BCUT2D eigenvalue weighted by atomic mass is 9.87. The zero-order chi connectivity index (χ0) is 20.1. The van der Waals surface area contributed by atoms with Gasteiger partial charge in [-0.3, -0.25) is 9.59 Å². The smallest absolute Gasteiger partial charge is 0.257 e. The van der Waals surface area contributed by atoms with Gasteiger partial charge in [-0.05, 0) is 56.6 Å². The molecule has 158 valence electrons. The minimum Gasteiger partial charge on any atom is -0.492 e. The normalized spacial score (nSPS) is 21.4. The third-order valence-corrected chi connectivity index (χ3v) is 6.87.